The van der Waals surface area contributed by atoms with Crippen molar-refractivity contribution >= 4 is 0 Å². The van der Waals surface area contributed by atoms with Gasteiger partial charge in [0.15, 0.2) is 0 Å². The van der Waals surface area contributed by atoms with Crippen molar-refractivity contribution in [3.05, 3.63) is 35.1 Å². The second-order valence-corrected chi connectivity index (χ2v) is 5.03. The lowest BCUT2D eigenvalue weighted by Crippen LogP contribution is -2.37. The first-order chi connectivity index (χ1) is 9.24. The SMILES string of the molecule is COCC(NCc1cc(F)cc(C(F)(F)F)c1)C(C)C. The van der Waals surface area contributed by atoms with E-state index < -0.39 is 17.6 Å². The van der Waals surface area contributed by atoms with Gasteiger partial charge in [-0.1, -0.05) is 13.8 Å². The number of halogens is 4. The van der Waals surface area contributed by atoms with Crippen molar-refractivity contribution in [3.63, 3.8) is 0 Å². The fraction of sp³-hybridized carbons (Fsp3) is 0.571. The molecule has 0 radical (unpaired) electrons. The molecule has 1 N–H and O–H groups in total. The van der Waals surface area contributed by atoms with E-state index >= 15 is 0 Å². The number of ether oxygens (including phenoxy) is 1. The maximum absolute atomic E-state index is 13.2. The molecule has 0 bridgehead atoms. The normalized spacial score (nSPS) is 13.8. The minimum absolute atomic E-state index is 0.00222. The van der Waals surface area contributed by atoms with Crippen LogP contribution >= 0.6 is 0 Å². The summed E-state index contributed by atoms with van der Waals surface area (Å²) in [4.78, 5) is 0. The second-order valence-electron chi connectivity index (χ2n) is 5.03. The largest absolute Gasteiger partial charge is 0.416 e. The van der Waals surface area contributed by atoms with Crippen molar-refractivity contribution in [2.24, 2.45) is 5.92 Å². The van der Waals surface area contributed by atoms with Crippen LogP contribution in [0, 0.1) is 11.7 Å². The number of hydrogen-bond donors (Lipinski definition) is 1. The first kappa shape index (κ1) is 16.9. The number of methoxy groups -OCH3 is 1. The van der Waals surface area contributed by atoms with Gasteiger partial charge in [0.05, 0.1) is 12.2 Å². The lowest BCUT2D eigenvalue weighted by Gasteiger charge is -2.22. The average molecular weight is 293 g/mol. The lowest BCUT2D eigenvalue weighted by atomic mass is 10.0. The first-order valence-electron chi connectivity index (χ1n) is 6.33. The van der Waals surface area contributed by atoms with E-state index in [1.807, 2.05) is 13.8 Å². The van der Waals surface area contributed by atoms with Crippen LogP contribution in [0.1, 0.15) is 25.0 Å². The summed E-state index contributed by atoms with van der Waals surface area (Å²) in [6, 6.07) is 2.56. The zero-order valence-electron chi connectivity index (χ0n) is 11.7. The molecule has 0 aliphatic rings. The van der Waals surface area contributed by atoms with E-state index in [0.29, 0.717) is 12.7 Å². The predicted molar refractivity (Wildman–Crippen MR) is 68.7 cm³/mol. The fourth-order valence-electron chi connectivity index (χ4n) is 1.83. The lowest BCUT2D eigenvalue weighted by molar-refractivity contribution is -0.137. The summed E-state index contributed by atoms with van der Waals surface area (Å²) in [7, 11) is 1.56. The third-order valence-electron chi connectivity index (χ3n) is 3.00. The molecule has 0 saturated heterocycles. The molecule has 0 heterocycles. The van der Waals surface area contributed by atoms with Gasteiger partial charge in [-0.3, -0.25) is 0 Å². The van der Waals surface area contributed by atoms with Crippen LogP contribution in [0.25, 0.3) is 0 Å². The van der Waals surface area contributed by atoms with Gasteiger partial charge in [-0.05, 0) is 29.7 Å². The topological polar surface area (TPSA) is 21.3 Å². The van der Waals surface area contributed by atoms with Crippen LogP contribution in [0.2, 0.25) is 0 Å². The smallest absolute Gasteiger partial charge is 0.383 e. The predicted octanol–water partition coefficient (Wildman–Crippen LogP) is 3.61. The van der Waals surface area contributed by atoms with Gasteiger partial charge in [0.1, 0.15) is 5.82 Å². The third-order valence-corrected chi connectivity index (χ3v) is 3.00. The summed E-state index contributed by atoms with van der Waals surface area (Å²) in [6.45, 7) is 4.55. The molecule has 1 rings (SSSR count). The van der Waals surface area contributed by atoms with E-state index in [9.17, 15) is 17.6 Å². The van der Waals surface area contributed by atoms with Crippen LogP contribution in [0.3, 0.4) is 0 Å². The van der Waals surface area contributed by atoms with Gasteiger partial charge in [0, 0.05) is 19.7 Å². The van der Waals surface area contributed by atoms with Gasteiger partial charge in [-0.15, -0.1) is 0 Å². The molecule has 1 aromatic carbocycles. The molecule has 0 spiro atoms. The molecule has 20 heavy (non-hydrogen) atoms. The van der Waals surface area contributed by atoms with Crippen LogP contribution in [-0.4, -0.2) is 19.8 Å². The Balaban J connectivity index is 2.80. The van der Waals surface area contributed by atoms with Gasteiger partial charge in [0.2, 0.25) is 0 Å². The highest BCUT2D eigenvalue weighted by Crippen LogP contribution is 2.30. The summed E-state index contributed by atoms with van der Waals surface area (Å²) in [5, 5.41) is 3.08. The Kier molecular flexibility index (Phi) is 5.95. The molecule has 0 saturated carbocycles. The van der Waals surface area contributed by atoms with Gasteiger partial charge < -0.3 is 10.1 Å². The summed E-state index contributed by atoms with van der Waals surface area (Å²) in [5.41, 5.74) is -0.707. The Morgan fingerprint density at radius 1 is 1.20 bits per heavy atom. The third kappa shape index (κ3) is 5.09. The molecule has 114 valence electrons. The fourth-order valence-corrected chi connectivity index (χ4v) is 1.83. The maximum atomic E-state index is 13.2. The summed E-state index contributed by atoms with van der Waals surface area (Å²) < 4.78 is 56.0. The highest BCUT2D eigenvalue weighted by Gasteiger charge is 2.31. The quantitative estimate of drug-likeness (QED) is 0.809. The highest BCUT2D eigenvalue weighted by molar-refractivity contribution is 5.26. The minimum atomic E-state index is -4.54. The van der Waals surface area contributed by atoms with Crippen molar-refractivity contribution in [1.29, 1.82) is 0 Å². The van der Waals surface area contributed by atoms with Gasteiger partial charge >= 0.3 is 6.18 Å². The van der Waals surface area contributed by atoms with Crippen molar-refractivity contribution in [3.8, 4) is 0 Å². The van der Waals surface area contributed by atoms with E-state index in [1.165, 1.54) is 0 Å². The maximum Gasteiger partial charge on any atom is 0.416 e. The molecule has 1 unspecified atom stereocenters. The van der Waals surface area contributed by atoms with Gasteiger partial charge in [0.25, 0.3) is 0 Å². The highest BCUT2D eigenvalue weighted by atomic mass is 19.4. The van der Waals surface area contributed by atoms with Crippen molar-refractivity contribution in [2.45, 2.75) is 32.6 Å². The standard InChI is InChI=1S/C14H19F4NO/c1-9(2)13(8-20-3)19-7-10-4-11(14(16,17)18)6-12(15)5-10/h4-6,9,13,19H,7-8H2,1-3H3. The summed E-state index contributed by atoms with van der Waals surface area (Å²) in [6.07, 6.45) is -4.54. The minimum Gasteiger partial charge on any atom is -0.383 e. The monoisotopic (exact) mass is 293 g/mol. The number of alkyl halides is 3. The zero-order valence-corrected chi connectivity index (χ0v) is 11.7. The van der Waals surface area contributed by atoms with E-state index in [2.05, 4.69) is 5.32 Å². The van der Waals surface area contributed by atoms with Gasteiger partial charge in [-0.2, -0.15) is 13.2 Å². The molecule has 0 amide bonds. The Morgan fingerprint density at radius 3 is 2.35 bits per heavy atom. The van der Waals surface area contributed by atoms with Gasteiger partial charge in [-0.25, -0.2) is 4.39 Å². The molecule has 0 aliphatic heterocycles. The Bertz CT molecular complexity index is 432. The van der Waals surface area contributed by atoms with Crippen LogP contribution in [0.4, 0.5) is 17.6 Å². The summed E-state index contributed by atoms with van der Waals surface area (Å²) >= 11 is 0. The molecule has 0 fully saturated rings. The van der Waals surface area contributed by atoms with E-state index in [4.69, 9.17) is 4.74 Å². The molecule has 0 aliphatic carbocycles. The van der Waals surface area contributed by atoms with Crippen LogP contribution < -0.4 is 5.32 Å². The first-order valence-corrected chi connectivity index (χ1v) is 6.33. The number of rotatable bonds is 6. The molecule has 0 aromatic heterocycles. The summed E-state index contributed by atoms with van der Waals surface area (Å²) in [5.74, 6) is -0.630. The van der Waals surface area contributed by atoms with Crippen LogP contribution in [-0.2, 0) is 17.5 Å². The van der Waals surface area contributed by atoms with Crippen LogP contribution in [0.15, 0.2) is 18.2 Å². The van der Waals surface area contributed by atoms with E-state index in [-0.39, 0.29) is 24.1 Å². The molecule has 6 heteroatoms. The van der Waals surface area contributed by atoms with Crippen molar-refractivity contribution < 1.29 is 22.3 Å². The Labute approximate surface area is 116 Å². The molecule has 1 atom stereocenters. The second kappa shape index (κ2) is 7.04. The Morgan fingerprint density at radius 2 is 1.85 bits per heavy atom. The molecular formula is C14H19F4NO. The van der Waals surface area contributed by atoms with E-state index in [1.54, 1.807) is 7.11 Å². The molecule has 2 nitrogen and oxygen atoms in total. The van der Waals surface area contributed by atoms with E-state index in [0.717, 1.165) is 12.1 Å². The molecule has 1 aromatic rings. The number of hydrogen-bond acceptors (Lipinski definition) is 2. The molecular weight excluding hydrogens is 274 g/mol. The van der Waals surface area contributed by atoms with Crippen molar-refractivity contribution in [1.82, 2.24) is 5.32 Å². The number of nitrogens with one attached hydrogen (secondary N) is 1. The Hall–Kier alpha value is -1.14. The van der Waals surface area contributed by atoms with Crippen molar-refractivity contribution in [2.75, 3.05) is 13.7 Å². The number of benzene rings is 1. The van der Waals surface area contributed by atoms with Crippen LogP contribution in [0.5, 0.6) is 0 Å². The zero-order chi connectivity index (χ0) is 15.3. The average Bonchev–Trinajstić information content (AvgIpc) is 2.32.